The molecule has 0 saturated heterocycles. The molecule has 0 saturated carbocycles. The van der Waals surface area contributed by atoms with Gasteiger partial charge in [0.15, 0.2) is 5.82 Å². The van der Waals surface area contributed by atoms with E-state index in [0.717, 1.165) is 33.7 Å². The van der Waals surface area contributed by atoms with Crippen LogP contribution in [0.1, 0.15) is 5.56 Å². The van der Waals surface area contributed by atoms with Crippen molar-refractivity contribution in [2.45, 2.75) is 6.61 Å². The van der Waals surface area contributed by atoms with Crippen LogP contribution in [0.2, 0.25) is 0 Å². The number of aromatic nitrogens is 3. The van der Waals surface area contributed by atoms with Crippen molar-refractivity contribution in [3.8, 4) is 5.75 Å². The second kappa shape index (κ2) is 6.65. The zero-order chi connectivity index (χ0) is 17.1. The van der Waals surface area contributed by atoms with E-state index in [2.05, 4.69) is 27.5 Å². The van der Waals surface area contributed by atoms with Crippen LogP contribution in [0.15, 0.2) is 73.1 Å². The quantitative estimate of drug-likeness (QED) is 0.593. The second-order valence-electron chi connectivity index (χ2n) is 5.76. The van der Waals surface area contributed by atoms with E-state index in [1.54, 1.807) is 12.4 Å². The summed E-state index contributed by atoms with van der Waals surface area (Å²) in [7, 11) is 1.93. The van der Waals surface area contributed by atoms with Crippen LogP contribution >= 0.6 is 0 Å². The van der Waals surface area contributed by atoms with Gasteiger partial charge in [0.05, 0.1) is 22.8 Å². The fraction of sp³-hybridized carbons (Fsp3) is 0.100. The summed E-state index contributed by atoms with van der Waals surface area (Å²) in [6, 6.07) is 20.0. The molecular formula is C20H18N4O. The minimum atomic E-state index is 0.515. The molecule has 0 unspecified atom stereocenters. The van der Waals surface area contributed by atoms with Crippen LogP contribution in [-0.4, -0.2) is 14.8 Å². The number of nitrogens with zero attached hydrogens (tertiary/aromatic N) is 3. The van der Waals surface area contributed by atoms with Crippen LogP contribution in [0.25, 0.3) is 10.9 Å². The third-order valence-corrected chi connectivity index (χ3v) is 4.00. The Morgan fingerprint density at radius 2 is 1.88 bits per heavy atom. The third kappa shape index (κ3) is 3.17. The normalized spacial score (nSPS) is 10.8. The number of anilines is 2. The molecule has 0 aliphatic carbocycles. The first-order chi connectivity index (χ1) is 12.3. The van der Waals surface area contributed by atoms with E-state index in [1.807, 2.05) is 60.3 Å². The van der Waals surface area contributed by atoms with Crippen LogP contribution in [-0.2, 0) is 13.7 Å². The van der Waals surface area contributed by atoms with Crippen molar-refractivity contribution < 1.29 is 4.74 Å². The number of fused-ring (bicyclic) bond motifs is 1. The van der Waals surface area contributed by atoms with Crippen molar-refractivity contribution in [2.24, 2.45) is 7.05 Å². The number of hydrogen-bond donors (Lipinski definition) is 1. The number of pyridine rings is 1. The number of nitrogens with one attached hydrogen (secondary N) is 1. The van der Waals surface area contributed by atoms with Crippen LogP contribution < -0.4 is 10.1 Å². The number of ether oxygens (including phenoxy) is 1. The lowest BCUT2D eigenvalue weighted by Crippen LogP contribution is -1.97. The topological polar surface area (TPSA) is 52.0 Å². The lowest BCUT2D eigenvalue weighted by Gasteiger charge is -2.09. The molecule has 4 aromatic rings. The average molecular weight is 330 g/mol. The monoisotopic (exact) mass is 330 g/mol. The Labute approximate surface area is 145 Å². The first-order valence-electron chi connectivity index (χ1n) is 8.11. The molecule has 0 bridgehead atoms. The van der Waals surface area contributed by atoms with Crippen molar-refractivity contribution in [1.29, 1.82) is 0 Å². The van der Waals surface area contributed by atoms with Crippen molar-refractivity contribution in [3.63, 3.8) is 0 Å². The van der Waals surface area contributed by atoms with Gasteiger partial charge in [-0.1, -0.05) is 36.4 Å². The summed E-state index contributed by atoms with van der Waals surface area (Å²) in [5.74, 6) is 1.56. The Morgan fingerprint density at radius 3 is 2.68 bits per heavy atom. The van der Waals surface area contributed by atoms with E-state index in [4.69, 9.17) is 4.74 Å². The highest BCUT2D eigenvalue weighted by atomic mass is 16.5. The van der Waals surface area contributed by atoms with Crippen LogP contribution in [0, 0.1) is 0 Å². The molecule has 25 heavy (non-hydrogen) atoms. The molecule has 0 amide bonds. The first kappa shape index (κ1) is 15.2. The molecule has 0 aliphatic heterocycles. The molecule has 0 spiro atoms. The number of benzene rings is 2. The molecule has 4 rings (SSSR count). The van der Waals surface area contributed by atoms with Crippen LogP contribution in [0.5, 0.6) is 5.75 Å². The van der Waals surface area contributed by atoms with E-state index >= 15 is 0 Å². The van der Waals surface area contributed by atoms with Gasteiger partial charge in [0.25, 0.3) is 0 Å². The molecule has 2 heterocycles. The maximum atomic E-state index is 6.09. The molecule has 1 N–H and O–H groups in total. The molecule has 0 aliphatic rings. The van der Waals surface area contributed by atoms with Gasteiger partial charge < -0.3 is 10.1 Å². The lowest BCUT2D eigenvalue weighted by atomic mass is 10.2. The first-order valence-corrected chi connectivity index (χ1v) is 8.11. The Balaban J connectivity index is 1.69. The third-order valence-electron chi connectivity index (χ3n) is 4.00. The largest absolute Gasteiger partial charge is 0.488 e. The number of rotatable bonds is 5. The van der Waals surface area contributed by atoms with E-state index in [0.29, 0.717) is 6.61 Å². The zero-order valence-electron chi connectivity index (χ0n) is 13.9. The SMILES string of the molecule is Cn1nc(Nc2cccnc2)c2c(OCc3ccccc3)cccc21. The Morgan fingerprint density at radius 1 is 1.00 bits per heavy atom. The molecule has 2 aromatic carbocycles. The predicted octanol–water partition coefficient (Wildman–Crippen LogP) is 4.29. The molecule has 0 radical (unpaired) electrons. The van der Waals surface area contributed by atoms with E-state index < -0.39 is 0 Å². The van der Waals surface area contributed by atoms with Gasteiger partial charge in [-0.05, 0) is 29.8 Å². The van der Waals surface area contributed by atoms with Gasteiger partial charge in [0.2, 0.25) is 0 Å². The van der Waals surface area contributed by atoms with Crippen molar-refractivity contribution >= 4 is 22.4 Å². The summed E-state index contributed by atoms with van der Waals surface area (Å²) < 4.78 is 7.94. The molecular weight excluding hydrogens is 312 g/mol. The van der Waals surface area contributed by atoms with Gasteiger partial charge in [-0.2, -0.15) is 5.10 Å². The van der Waals surface area contributed by atoms with E-state index in [1.165, 1.54) is 0 Å². The summed E-state index contributed by atoms with van der Waals surface area (Å²) in [6.45, 7) is 0.515. The van der Waals surface area contributed by atoms with Gasteiger partial charge in [-0.15, -0.1) is 0 Å². The standard InChI is InChI=1S/C20H18N4O/c1-24-17-10-5-11-18(25-14-15-7-3-2-4-8-15)19(17)20(23-24)22-16-9-6-12-21-13-16/h2-13H,14H2,1H3,(H,22,23). The summed E-state index contributed by atoms with van der Waals surface area (Å²) in [4.78, 5) is 4.14. The maximum Gasteiger partial charge on any atom is 0.164 e. The minimum absolute atomic E-state index is 0.515. The zero-order valence-corrected chi connectivity index (χ0v) is 13.9. The lowest BCUT2D eigenvalue weighted by molar-refractivity contribution is 0.310. The highest BCUT2D eigenvalue weighted by Gasteiger charge is 2.14. The van der Waals surface area contributed by atoms with Gasteiger partial charge >= 0.3 is 0 Å². The van der Waals surface area contributed by atoms with Gasteiger partial charge in [-0.25, -0.2) is 0 Å². The fourth-order valence-electron chi connectivity index (χ4n) is 2.80. The molecule has 124 valence electrons. The van der Waals surface area contributed by atoms with E-state index in [-0.39, 0.29) is 0 Å². The molecule has 0 fully saturated rings. The van der Waals surface area contributed by atoms with Gasteiger partial charge in [0.1, 0.15) is 12.4 Å². The molecule has 0 atom stereocenters. The average Bonchev–Trinajstić information content (AvgIpc) is 2.98. The van der Waals surface area contributed by atoms with Crippen LogP contribution in [0.4, 0.5) is 11.5 Å². The Bertz CT molecular complexity index is 981. The number of hydrogen-bond acceptors (Lipinski definition) is 4. The second-order valence-corrected chi connectivity index (χ2v) is 5.76. The number of aryl methyl sites for hydroxylation is 1. The predicted molar refractivity (Wildman–Crippen MR) is 99.0 cm³/mol. The van der Waals surface area contributed by atoms with Crippen molar-refractivity contribution in [3.05, 3.63) is 78.6 Å². The Hall–Kier alpha value is -3.34. The highest BCUT2D eigenvalue weighted by Crippen LogP contribution is 2.33. The minimum Gasteiger partial charge on any atom is -0.488 e. The molecule has 5 heteroatoms. The Kier molecular flexibility index (Phi) is 4.04. The summed E-state index contributed by atoms with van der Waals surface area (Å²) in [6.07, 6.45) is 3.52. The summed E-state index contributed by atoms with van der Waals surface area (Å²) in [5.41, 5.74) is 3.03. The van der Waals surface area contributed by atoms with Crippen molar-refractivity contribution in [1.82, 2.24) is 14.8 Å². The van der Waals surface area contributed by atoms with Gasteiger partial charge in [-0.3, -0.25) is 9.67 Å². The fourth-order valence-corrected chi connectivity index (χ4v) is 2.80. The van der Waals surface area contributed by atoms with E-state index in [9.17, 15) is 0 Å². The molecule has 5 nitrogen and oxygen atoms in total. The summed E-state index contributed by atoms with van der Waals surface area (Å²) >= 11 is 0. The highest BCUT2D eigenvalue weighted by molar-refractivity contribution is 5.96. The smallest absolute Gasteiger partial charge is 0.164 e. The molecule has 2 aromatic heterocycles. The van der Waals surface area contributed by atoms with Crippen LogP contribution in [0.3, 0.4) is 0 Å². The maximum absolute atomic E-state index is 6.09. The van der Waals surface area contributed by atoms with Crippen molar-refractivity contribution in [2.75, 3.05) is 5.32 Å². The van der Waals surface area contributed by atoms with Gasteiger partial charge in [0, 0.05) is 13.2 Å². The summed E-state index contributed by atoms with van der Waals surface area (Å²) in [5, 5.41) is 8.89.